The van der Waals surface area contributed by atoms with Gasteiger partial charge in [0.25, 0.3) is 0 Å². The zero-order valence-corrected chi connectivity index (χ0v) is 13.6. The fourth-order valence-electron chi connectivity index (χ4n) is 2.53. The minimum atomic E-state index is -0.669. The molecule has 2 atom stereocenters. The zero-order valence-electron chi connectivity index (χ0n) is 10.7. The molecule has 3 nitrogen and oxygen atoms in total. The van der Waals surface area contributed by atoms with Crippen LogP contribution in [0.3, 0.4) is 0 Å². The molecule has 0 bridgehead atoms. The summed E-state index contributed by atoms with van der Waals surface area (Å²) >= 11 is 1.59. The molecular formula is C13H16ClF2IN2O. The topological polar surface area (TPSA) is 55.1 Å². The Hall–Kier alpha value is -0.470. The Kier molecular flexibility index (Phi) is 6.60. The van der Waals surface area contributed by atoms with Crippen LogP contribution in [0.1, 0.15) is 19.3 Å². The number of amides is 1. The second-order valence-electron chi connectivity index (χ2n) is 4.78. The monoisotopic (exact) mass is 416 g/mol. The van der Waals surface area contributed by atoms with Crippen LogP contribution in [0, 0.1) is 27.0 Å². The van der Waals surface area contributed by atoms with Crippen LogP contribution in [0.4, 0.5) is 14.5 Å². The largest absolute Gasteiger partial charge is 0.330 e. The fraction of sp³-hybridized carbons (Fsp3) is 0.462. The molecule has 0 radical (unpaired) electrons. The molecule has 1 aliphatic rings. The molecule has 0 aliphatic heterocycles. The van der Waals surface area contributed by atoms with Crippen molar-refractivity contribution in [2.24, 2.45) is 17.6 Å². The van der Waals surface area contributed by atoms with Crippen molar-refractivity contribution in [2.45, 2.75) is 19.3 Å². The smallest absolute Gasteiger partial charge is 0.227 e. The maximum absolute atomic E-state index is 13.4. The van der Waals surface area contributed by atoms with Crippen LogP contribution < -0.4 is 11.1 Å². The highest BCUT2D eigenvalue weighted by molar-refractivity contribution is 14.1. The molecule has 0 saturated heterocycles. The van der Waals surface area contributed by atoms with E-state index in [1.54, 1.807) is 22.6 Å². The van der Waals surface area contributed by atoms with Gasteiger partial charge in [0.15, 0.2) is 0 Å². The second-order valence-corrected chi connectivity index (χ2v) is 5.86. The molecule has 0 heterocycles. The van der Waals surface area contributed by atoms with Crippen molar-refractivity contribution in [3.05, 3.63) is 27.3 Å². The Bertz CT molecular complexity index is 478. The highest BCUT2D eigenvalue weighted by Crippen LogP contribution is 2.32. The lowest BCUT2D eigenvalue weighted by Crippen LogP contribution is -2.29. The van der Waals surface area contributed by atoms with E-state index in [-0.39, 0.29) is 39.4 Å². The van der Waals surface area contributed by atoms with Crippen molar-refractivity contribution in [1.29, 1.82) is 0 Å². The summed E-state index contributed by atoms with van der Waals surface area (Å²) in [4.78, 5) is 12.1. The maximum Gasteiger partial charge on any atom is 0.227 e. The van der Waals surface area contributed by atoms with Gasteiger partial charge in [-0.3, -0.25) is 4.79 Å². The quantitative estimate of drug-likeness (QED) is 0.587. The molecule has 1 saturated carbocycles. The number of carbonyl (C=O) groups excluding carboxylic acids is 1. The SMILES string of the molecule is Cl.NC[C@H]1CCC[C@H]1C(=O)Nc1cc(F)c(I)c(F)c1. The first-order chi connectivity index (χ1) is 9.02. The Morgan fingerprint density at radius 2 is 1.95 bits per heavy atom. The number of hydrogen-bond acceptors (Lipinski definition) is 2. The van der Waals surface area contributed by atoms with Gasteiger partial charge in [-0.1, -0.05) is 6.42 Å². The Labute approximate surface area is 136 Å². The van der Waals surface area contributed by atoms with Gasteiger partial charge >= 0.3 is 0 Å². The van der Waals surface area contributed by atoms with Crippen molar-refractivity contribution in [1.82, 2.24) is 0 Å². The van der Waals surface area contributed by atoms with E-state index < -0.39 is 11.6 Å². The van der Waals surface area contributed by atoms with Gasteiger partial charge in [0.2, 0.25) is 5.91 Å². The lowest BCUT2D eigenvalue weighted by atomic mass is 9.95. The van der Waals surface area contributed by atoms with E-state index in [0.29, 0.717) is 6.54 Å². The normalized spacial score (nSPS) is 21.4. The van der Waals surface area contributed by atoms with Crippen LogP contribution in [0.5, 0.6) is 0 Å². The zero-order chi connectivity index (χ0) is 14.0. The number of nitrogens with one attached hydrogen (secondary N) is 1. The number of nitrogens with two attached hydrogens (primary N) is 1. The molecular weight excluding hydrogens is 401 g/mol. The van der Waals surface area contributed by atoms with Gasteiger partial charge in [-0.25, -0.2) is 8.78 Å². The molecule has 112 valence electrons. The van der Waals surface area contributed by atoms with Gasteiger partial charge in [0.05, 0.1) is 3.57 Å². The summed E-state index contributed by atoms with van der Waals surface area (Å²) in [6.07, 6.45) is 2.68. The standard InChI is InChI=1S/C13H15F2IN2O.ClH/c14-10-4-8(5-11(15)12(10)16)18-13(19)9-3-1-2-7(9)6-17;/h4-5,7,9H,1-3,6,17H2,(H,18,19);1H/t7-,9-;/m1./s1. The van der Waals surface area contributed by atoms with Crippen LogP contribution in [-0.2, 0) is 4.79 Å². The first kappa shape index (κ1) is 17.6. The third-order valence-corrected chi connectivity index (χ3v) is 4.58. The van der Waals surface area contributed by atoms with Crippen molar-refractivity contribution < 1.29 is 13.6 Å². The van der Waals surface area contributed by atoms with Crippen molar-refractivity contribution in [3.63, 3.8) is 0 Å². The highest BCUT2D eigenvalue weighted by atomic mass is 127. The van der Waals surface area contributed by atoms with E-state index in [0.717, 1.165) is 31.4 Å². The predicted molar refractivity (Wildman–Crippen MR) is 84.8 cm³/mol. The van der Waals surface area contributed by atoms with E-state index in [1.165, 1.54) is 0 Å². The average Bonchev–Trinajstić information content (AvgIpc) is 2.84. The second kappa shape index (κ2) is 7.51. The third-order valence-electron chi connectivity index (χ3n) is 3.55. The van der Waals surface area contributed by atoms with Crippen molar-refractivity contribution in [2.75, 3.05) is 11.9 Å². The minimum absolute atomic E-state index is 0. The molecule has 7 heteroatoms. The molecule has 1 aromatic carbocycles. The molecule has 3 N–H and O–H groups in total. The summed E-state index contributed by atoms with van der Waals surface area (Å²) in [5, 5.41) is 2.58. The number of halogens is 4. The van der Waals surface area contributed by atoms with Crippen LogP contribution in [-0.4, -0.2) is 12.5 Å². The fourth-order valence-corrected chi connectivity index (χ4v) is 2.84. The van der Waals surface area contributed by atoms with Crippen LogP contribution in [0.2, 0.25) is 0 Å². The van der Waals surface area contributed by atoms with E-state index in [9.17, 15) is 13.6 Å². The van der Waals surface area contributed by atoms with Gasteiger partial charge in [0, 0.05) is 11.6 Å². The minimum Gasteiger partial charge on any atom is -0.330 e. The van der Waals surface area contributed by atoms with Gasteiger partial charge in [-0.2, -0.15) is 0 Å². The van der Waals surface area contributed by atoms with Gasteiger partial charge in [-0.15, -0.1) is 12.4 Å². The Morgan fingerprint density at radius 3 is 2.50 bits per heavy atom. The van der Waals surface area contributed by atoms with Crippen molar-refractivity contribution in [3.8, 4) is 0 Å². The van der Waals surface area contributed by atoms with Crippen molar-refractivity contribution >= 4 is 46.6 Å². The van der Waals surface area contributed by atoms with Gasteiger partial charge < -0.3 is 11.1 Å². The highest BCUT2D eigenvalue weighted by Gasteiger charge is 2.32. The van der Waals surface area contributed by atoms with E-state index >= 15 is 0 Å². The molecule has 0 spiro atoms. The molecule has 1 aromatic rings. The average molecular weight is 417 g/mol. The van der Waals surface area contributed by atoms with E-state index in [4.69, 9.17) is 5.73 Å². The number of anilines is 1. The number of benzene rings is 1. The Balaban J connectivity index is 0.00000200. The van der Waals surface area contributed by atoms with Gasteiger partial charge in [0.1, 0.15) is 11.6 Å². The number of carbonyl (C=O) groups is 1. The molecule has 1 amide bonds. The van der Waals surface area contributed by atoms with Crippen LogP contribution in [0.15, 0.2) is 12.1 Å². The number of rotatable bonds is 3. The molecule has 0 aromatic heterocycles. The van der Waals surface area contributed by atoms with Crippen LogP contribution >= 0.6 is 35.0 Å². The molecule has 0 unspecified atom stereocenters. The summed E-state index contributed by atoms with van der Waals surface area (Å²) < 4.78 is 26.7. The summed E-state index contributed by atoms with van der Waals surface area (Å²) in [5.74, 6) is -1.53. The Morgan fingerprint density at radius 1 is 1.35 bits per heavy atom. The van der Waals surface area contributed by atoms with E-state index in [1.807, 2.05) is 0 Å². The number of hydrogen-bond donors (Lipinski definition) is 2. The molecule has 2 rings (SSSR count). The third kappa shape index (κ3) is 3.79. The maximum atomic E-state index is 13.4. The lowest BCUT2D eigenvalue weighted by Gasteiger charge is -2.17. The molecule has 1 aliphatic carbocycles. The predicted octanol–water partition coefficient (Wildman–Crippen LogP) is 3.30. The lowest BCUT2D eigenvalue weighted by molar-refractivity contribution is -0.120. The molecule has 1 fully saturated rings. The first-order valence-corrected chi connectivity index (χ1v) is 7.26. The van der Waals surface area contributed by atoms with E-state index in [2.05, 4.69) is 5.32 Å². The summed E-state index contributed by atoms with van der Waals surface area (Å²) in [6, 6.07) is 2.27. The molecule has 20 heavy (non-hydrogen) atoms. The first-order valence-electron chi connectivity index (χ1n) is 6.18. The van der Waals surface area contributed by atoms with Gasteiger partial charge in [-0.05, 0) is 60.0 Å². The summed E-state index contributed by atoms with van der Waals surface area (Å²) in [5.41, 5.74) is 5.78. The summed E-state index contributed by atoms with van der Waals surface area (Å²) in [7, 11) is 0. The summed E-state index contributed by atoms with van der Waals surface area (Å²) in [6.45, 7) is 0.466. The van der Waals surface area contributed by atoms with Crippen LogP contribution in [0.25, 0.3) is 0 Å².